The number of benzene rings is 1. The lowest BCUT2D eigenvalue weighted by Crippen LogP contribution is -2.30. The Labute approximate surface area is 118 Å². The van der Waals surface area contributed by atoms with E-state index in [-0.39, 0.29) is 0 Å². The number of hydrogen-bond acceptors (Lipinski definition) is 1. The Hall–Kier alpha value is -0.210. The highest BCUT2D eigenvalue weighted by Gasteiger charge is 2.14. The summed E-state index contributed by atoms with van der Waals surface area (Å²) >= 11 is 9.45. The Balaban J connectivity index is 2.84. The molecule has 0 spiro atoms. The second-order valence-electron chi connectivity index (χ2n) is 5.01. The van der Waals surface area contributed by atoms with E-state index in [4.69, 9.17) is 11.6 Å². The average molecular weight is 319 g/mol. The first-order valence-corrected chi connectivity index (χ1v) is 7.35. The second-order valence-corrected chi connectivity index (χ2v) is 6.13. The van der Waals surface area contributed by atoms with Crippen molar-refractivity contribution in [1.29, 1.82) is 0 Å². The third-order valence-corrected chi connectivity index (χ3v) is 3.96. The molecule has 1 rings (SSSR count). The van der Waals surface area contributed by atoms with E-state index in [2.05, 4.69) is 66.8 Å². The van der Waals surface area contributed by atoms with Gasteiger partial charge in [-0.15, -0.1) is 11.6 Å². The Morgan fingerprint density at radius 1 is 1.29 bits per heavy atom. The fourth-order valence-electron chi connectivity index (χ4n) is 2.00. The number of hydrogen-bond donors (Lipinski definition) is 0. The third kappa shape index (κ3) is 4.18. The Kier molecular flexibility index (Phi) is 5.81. The zero-order valence-electron chi connectivity index (χ0n) is 11.0. The molecule has 0 fully saturated rings. The molecule has 0 aliphatic carbocycles. The zero-order chi connectivity index (χ0) is 13.0. The SMILES string of the molecule is CC(C)CC(C)N(C)c1ccc(CCl)cc1Br. The minimum Gasteiger partial charge on any atom is -0.371 e. The first-order chi connectivity index (χ1) is 7.95. The van der Waals surface area contributed by atoms with Gasteiger partial charge in [0.05, 0.1) is 5.69 Å². The molecule has 0 heterocycles. The molecule has 17 heavy (non-hydrogen) atoms. The summed E-state index contributed by atoms with van der Waals surface area (Å²) in [4.78, 5) is 2.32. The molecule has 1 aromatic rings. The Morgan fingerprint density at radius 2 is 1.94 bits per heavy atom. The van der Waals surface area contributed by atoms with E-state index in [0.29, 0.717) is 17.8 Å². The maximum Gasteiger partial charge on any atom is 0.0510 e. The molecular weight excluding hydrogens is 298 g/mol. The molecule has 0 amide bonds. The van der Waals surface area contributed by atoms with Gasteiger partial charge in [-0.25, -0.2) is 0 Å². The fraction of sp³-hybridized carbons (Fsp3) is 0.571. The molecule has 0 saturated carbocycles. The van der Waals surface area contributed by atoms with Crippen molar-refractivity contribution in [1.82, 2.24) is 0 Å². The lowest BCUT2D eigenvalue weighted by molar-refractivity contribution is 0.504. The van der Waals surface area contributed by atoms with Crippen LogP contribution in [0.15, 0.2) is 22.7 Å². The van der Waals surface area contributed by atoms with Crippen molar-refractivity contribution < 1.29 is 0 Å². The van der Waals surface area contributed by atoms with Crippen LogP contribution in [0.4, 0.5) is 5.69 Å². The van der Waals surface area contributed by atoms with Gasteiger partial charge in [0.1, 0.15) is 0 Å². The standard InChI is InChI=1S/C14H21BrClN/c1-10(2)7-11(3)17(4)14-6-5-12(9-16)8-13(14)15/h5-6,8,10-11H,7,9H2,1-4H3. The molecule has 0 saturated heterocycles. The zero-order valence-corrected chi connectivity index (χ0v) is 13.3. The van der Waals surface area contributed by atoms with Gasteiger partial charge in [-0.1, -0.05) is 19.9 Å². The van der Waals surface area contributed by atoms with Crippen molar-refractivity contribution in [2.45, 2.75) is 39.1 Å². The van der Waals surface area contributed by atoms with E-state index < -0.39 is 0 Å². The highest BCUT2D eigenvalue weighted by Crippen LogP contribution is 2.29. The monoisotopic (exact) mass is 317 g/mol. The summed E-state index contributed by atoms with van der Waals surface area (Å²) in [6.45, 7) is 6.79. The van der Waals surface area contributed by atoms with E-state index in [0.717, 1.165) is 10.0 Å². The summed E-state index contributed by atoms with van der Waals surface area (Å²) in [5.74, 6) is 1.28. The number of alkyl halides is 1. The highest BCUT2D eigenvalue weighted by atomic mass is 79.9. The van der Waals surface area contributed by atoms with Crippen molar-refractivity contribution in [3.8, 4) is 0 Å². The molecule has 0 N–H and O–H groups in total. The molecule has 0 aliphatic rings. The van der Waals surface area contributed by atoms with E-state index in [9.17, 15) is 0 Å². The van der Waals surface area contributed by atoms with Crippen LogP contribution in [-0.2, 0) is 5.88 Å². The smallest absolute Gasteiger partial charge is 0.0510 e. The largest absolute Gasteiger partial charge is 0.371 e. The quantitative estimate of drug-likeness (QED) is 0.686. The normalized spacial score (nSPS) is 12.9. The molecule has 0 aliphatic heterocycles. The molecule has 3 heteroatoms. The van der Waals surface area contributed by atoms with Gasteiger partial charge in [-0.3, -0.25) is 0 Å². The van der Waals surface area contributed by atoms with Crippen LogP contribution in [0.25, 0.3) is 0 Å². The number of nitrogens with zero attached hydrogens (tertiary/aromatic N) is 1. The van der Waals surface area contributed by atoms with Crippen LogP contribution in [0.5, 0.6) is 0 Å². The number of halogens is 2. The predicted octanol–water partition coefficient (Wildman–Crippen LogP) is 5.06. The van der Waals surface area contributed by atoms with Gasteiger partial charge >= 0.3 is 0 Å². The average Bonchev–Trinajstić information content (AvgIpc) is 2.27. The predicted molar refractivity (Wildman–Crippen MR) is 81.0 cm³/mol. The summed E-state index contributed by atoms with van der Waals surface area (Å²) < 4.78 is 1.12. The number of rotatable bonds is 5. The van der Waals surface area contributed by atoms with Gasteiger partial charge in [0.2, 0.25) is 0 Å². The lowest BCUT2D eigenvalue weighted by atomic mass is 10.0. The first kappa shape index (κ1) is 14.8. The molecule has 1 nitrogen and oxygen atoms in total. The molecular formula is C14H21BrClN. The van der Waals surface area contributed by atoms with Gasteiger partial charge < -0.3 is 4.90 Å². The first-order valence-electron chi connectivity index (χ1n) is 6.03. The van der Waals surface area contributed by atoms with E-state index >= 15 is 0 Å². The Bertz CT molecular complexity index is 365. The third-order valence-electron chi connectivity index (χ3n) is 3.02. The van der Waals surface area contributed by atoms with E-state index in [1.807, 2.05) is 0 Å². The lowest BCUT2D eigenvalue weighted by Gasteiger charge is -2.29. The molecule has 1 aromatic carbocycles. The molecule has 0 radical (unpaired) electrons. The van der Waals surface area contributed by atoms with Crippen LogP contribution in [0, 0.1) is 5.92 Å². The Morgan fingerprint density at radius 3 is 2.41 bits per heavy atom. The van der Waals surface area contributed by atoms with E-state index in [1.165, 1.54) is 12.1 Å². The minimum atomic E-state index is 0.535. The second kappa shape index (κ2) is 6.65. The molecule has 1 atom stereocenters. The van der Waals surface area contributed by atoms with Crippen molar-refractivity contribution in [3.05, 3.63) is 28.2 Å². The molecule has 1 unspecified atom stereocenters. The maximum absolute atomic E-state index is 5.83. The van der Waals surface area contributed by atoms with Gasteiger partial charge in [-0.2, -0.15) is 0 Å². The minimum absolute atomic E-state index is 0.535. The summed E-state index contributed by atoms with van der Waals surface area (Å²) in [5.41, 5.74) is 2.37. The van der Waals surface area contributed by atoms with Gasteiger partial charge in [0.15, 0.2) is 0 Å². The summed E-state index contributed by atoms with van der Waals surface area (Å²) in [6, 6.07) is 6.86. The number of anilines is 1. The highest BCUT2D eigenvalue weighted by molar-refractivity contribution is 9.10. The van der Waals surface area contributed by atoms with Crippen LogP contribution in [0.3, 0.4) is 0 Å². The fourth-order valence-corrected chi connectivity index (χ4v) is 2.87. The topological polar surface area (TPSA) is 3.24 Å². The molecule has 0 aromatic heterocycles. The maximum atomic E-state index is 5.83. The van der Waals surface area contributed by atoms with Crippen molar-refractivity contribution in [2.24, 2.45) is 5.92 Å². The van der Waals surface area contributed by atoms with Gasteiger partial charge in [0, 0.05) is 23.4 Å². The van der Waals surface area contributed by atoms with E-state index in [1.54, 1.807) is 0 Å². The summed E-state index contributed by atoms with van der Waals surface area (Å²) in [5, 5.41) is 0. The summed E-state index contributed by atoms with van der Waals surface area (Å²) in [7, 11) is 2.15. The van der Waals surface area contributed by atoms with Crippen LogP contribution >= 0.6 is 27.5 Å². The van der Waals surface area contributed by atoms with Gasteiger partial charge in [0.25, 0.3) is 0 Å². The van der Waals surface area contributed by atoms with Crippen LogP contribution in [-0.4, -0.2) is 13.1 Å². The van der Waals surface area contributed by atoms with Crippen molar-refractivity contribution >= 4 is 33.2 Å². The van der Waals surface area contributed by atoms with Crippen LogP contribution in [0.2, 0.25) is 0 Å². The summed E-state index contributed by atoms with van der Waals surface area (Å²) in [6.07, 6.45) is 1.19. The van der Waals surface area contributed by atoms with Crippen LogP contribution in [0.1, 0.15) is 32.8 Å². The van der Waals surface area contributed by atoms with Crippen LogP contribution < -0.4 is 4.90 Å². The molecule has 96 valence electrons. The van der Waals surface area contributed by atoms with Gasteiger partial charge in [-0.05, 0) is 52.9 Å². The molecule has 0 bridgehead atoms. The van der Waals surface area contributed by atoms with Crippen molar-refractivity contribution in [3.63, 3.8) is 0 Å². The van der Waals surface area contributed by atoms with Crippen molar-refractivity contribution in [2.75, 3.05) is 11.9 Å².